The van der Waals surface area contributed by atoms with Crippen LogP contribution in [-0.4, -0.2) is 23.7 Å². The van der Waals surface area contributed by atoms with Gasteiger partial charge in [-0.3, -0.25) is 4.79 Å². The highest BCUT2D eigenvalue weighted by Crippen LogP contribution is 2.09. The fourth-order valence-electron chi connectivity index (χ4n) is 1.96. The van der Waals surface area contributed by atoms with Crippen LogP contribution in [0.3, 0.4) is 0 Å². The van der Waals surface area contributed by atoms with Crippen LogP contribution in [0.25, 0.3) is 0 Å². The van der Waals surface area contributed by atoms with Gasteiger partial charge in [0.25, 0.3) is 0 Å². The number of carboxylic acid groups (broad SMARTS) is 1. The average molecular weight is 255 g/mol. The van der Waals surface area contributed by atoms with Crippen LogP contribution in [0.4, 0.5) is 0 Å². The van der Waals surface area contributed by atoms with Gasteiger partial charge in [0.1, 0.15) is 6.04 Å². The Hall–Kier alpha value is -0.830. The second kappa shape index (κ2) is 12.6. The molecule has 2 N–H and O–H groups in total. The van der Waals surface area contributed by atoms with Gasteiger partial charge in [-0.05, 0) is 25.8 Å². The molecule has 3 heteroatoms. The maximum atomic E-state index is 11.0. The van der Waals surface area contributed by atoms with Gasteiger partial charge in [0.2, 0.25) is 0 Å². The van der Waals surface area contributed by atoms with Gasteiger partial charge >= 0.3 is 5.97 Å². The Labute approximate surface area is 112 Å². The minimum atomic E-state index is -0.720. The van der Waals surface area contributed by atoms with E-state index >= 15 is 0 Å². The zero-order valence-corrected chi connectivity index (χ0v) is 11.8. The van der Waals surface area contributed by atoms with Crippen molar-refractivity contribution in [1.29, 1.82) is 0 Å². The quantitative estimate of drug-likeness (QED) is 0.389. The van der Waals surface area contributed by atoms with Crippen LogP contribution in [0.1, 0.15) is 64.7 Å². The Morgan fingerprint density at radius 2 is 1.89 bits per heavy atom. The Bertz CT molecular complexity index is 217. The summed E-state index contributed by atoms with van der Waals surface area (Å²) in [7, 11) is 0. The molecular formula is C15H29NO2. The van der Waals surface area contributed by atoms with Crippen LogP contribution < -0.4 is 5.32 Å². The second-order valence-corrected chi connectivity index (χ2v) is 4.83. The van der Waals surface area contributed by atoms with Crippen LogP contribution in [0.15, 0.2) is 12.7 Å². The van der Waals surface area contributed by atoms with Crippen LogP contribution in [0.2, 0.25) is 0 Å². The van der Waals surface area contributed by atoms with Gasteiger partial charge in [-0.2, -0.15) is 0 Å². The summed E-state index contributed by atoms with van der Waals surface area (Å²) in [5.74, 6) is -0.720. The summed E-state index contributed by atoms with van der Waals surface area (Å²) < 4.78 is 0. The summed E-state index contributed by atoms with van der Waals surface area (Å²) in [5.41, 5.74) is 0. The smallest absolute Gasteiger partial charge is 0.320 e. The van der Waals surface area contributed by atoms with Gasteiger partial charge < -0.3 is 10.4 Å². The zero-order chi connectivity index (χ0) is 13.6. The third-order valence-electron chi connectivity index (χ3n) is 3.12. The SMILES string of the molecule is C=CCCCNC(CCCCCCCC)C(=O)O. The number of aliphatic carboxylic acids is 1. The molecule has 0 saturated heterocycles. The lowest BCUT2D eigenvalue weighted by Crippen LogP contribution is -2.37. The van der Waals surface area contributed by atoms with Gasteiger partial charge in [0.15, 0.2) is 0 Å². The minimum Gasteiger partial charge on any atom is -0.480 e. The summed E-state index contributed by atoms with van der Waals surface area (Å²) in [5, 5.41) is 12.2. The highest BCUT2D eigenvalue weighted by Gasteiger charge is 2.15. The molecule has 0 spiro atoms. The Kier molecular flexibility index (Phi) is 12.0. The molecule has 106 valence electrons. The third kappa shape index (κ3) is 10.3. The van der Waals surface area contributed by atoms with Crippen molar-refractivity contribution in [2.75, 3.05) is 6.54 Å². The molecule has 0 amide bonds. The summed E-state index contributed by atoms with van der Waals surface area (Å²) in [4.78, 5) is 11.0. The fourth-order valence-corrected chi connectivity index (χ4v) is 1.96. The van der Waals surface area contributed by atoms with Crippen molar-refractivity contribution in [3.63, 3.8) is 0 Å². The van der Waals surface area contributed by atoms with Crippen molar-refractivity contribution in [2.24, 2.45) is 0 Å². The van der Waals surface area contributed by atoms with Crippen molar-refractivity contribution in [1.82, 2.24) is 5.32 Å². The molecule has 0 rings (SSSR count). The van der Waals surface area contributed by atoms with E-state index in [0.29, 0.717) is 0 Å². The summed E-state index contributed by atoms with van der Waals surface area (Å²) in [6, 6.07) is -0.374. The molecule has 0 aliphatic rings. The summed E-state index contributed by atoms with van der Waals surface area (Å²) >= 11 is 0. The van der Waals surface area contributed by atoms with Crippen LogP contribution >= 0.6 is 0 Å². The van der Waals surface area contributed by atoms with Crippen molar-refractivity contribution >= 4 is 5.97 Å². The molecule has 0 radical (unpaired) electrons. The molecule has 0 aromatic carbocycles. The molecular weight excluding hydrogens is 226 g/mol. The van der Waals surface area contributed by atoms with Crippen LogP contribution in [-0.2, 0) is 4.79 Å². The van der Waals surface area contributed by atoms with E-state index in [4.69, 9.17) is 5.11 Å². The monoisotopic (exact) mass is 255 g/mol. The highest BCUT2D eigenvalue weighted by atomic mass is 16.4. The number of hydrogen-bond acceptors (Lipinski definition) is 2. The first kappa shape index (κ1) is 17.2. The molecule has 1 atom stereocenters. The molecule has 3 nitrogen and oxygen atoms in total. The van der Waals surface area contributed by atoms with Crippen molar-refractivity contribution < 1.29 is 9.90 Å². The molecule has 0 aromatic rings. The van der Waals surface area contributed by atoms with Gasteiger partial charge in [0.05, 0.1) is 0 Å². The Balaban J connectivity index is 3.57. The van der Waals surface area contributed by atoms with Gasteiger partial charge in [-0.15, -0.1) is 6.58 Å². The van der Waals surface area contributed by atoms with Crippen molar-refractivity contribution in [3.8, 4) is 0 Å². The first-order valence-corrected chi connectivity index (χ1v) is 7.29. The van der Waals surface area contributed by atoms with Gasteiger partial charge in [0, 0.05) is 0 Å². The zero-order valence-electron chi connectivity index (χ0n) is 11.8. The highest BCUT2D eigenvalue weighted by molar-refractivity contribution is 5.73. The molecule has 18 heavy (non-hydrogen) atoms. The molecule has 1 unspecified atom stereocenters. The normalized spacial score (nSPS) is 12.3. The molecule has 0 aliphatic heterocycles. The number of unbranched alkanes of at least 4 members (excludes halogenated alkanes) is 6. The maximum absolute atomic E-state index is 11.0. The number of rotatable bonds is 13. The average Bonchev–Trinajstić information content (AvgIpc) is 2.35. The number of allylic oxidation sites excluding steroid dienone is 1. The van der Waals surface area contributed by atoms with Crippen LogP contribution in [0, 0.1) is 0 Å². The van der Waals surface area contributed by atoms with Crippen LogP contribution in [0.5, 0.6) is 0 Å². The van der Waals surface area contributed by atoms with E-state index in [1.54, 1.807) is 0 Å². The molecule has 0 heterocycles. The van der Waals surface area contributed by atoms with E-state index < -0.39 is 5.97 Å². The topological polar surface area (TPSA) is 49.3 Å². The van der Waals surface area contributed by atoms with Crippen molar-refractivity contribution in [3.05, 3.63) is 12.7 Å². The predicted octanol–water partition coefficient (Wildman–Crippen LogP) is 3.75. The first-order valence-electron chi connectivity index (χ1n) is 7.29. The molecule has 0 saturated carbocycles. The van der Waals surface area contributed by atoms with Gasteiger partial charge in [-0.25, -0.2) is 0 Å². The van der Waals surface area contributed by atoms with E-state index in [1.165, 1.54) is 25.7 Å². The van der Waals surface area contributed by atoms with E-state index in [-0.39, 0.29) is 6.04 Å². The molecule has 0 bridgehead atoms. The molecule has 0 fully saturated rings. The number of carbonyl (C=O) groups is 1. The number of hydrogen-bond donors (Lipinski definition) is 2. The minimum absolute atomic E-state index is 0.374. The van der Waals surface area contributed by atoms with Crippen molar-refractivity contribution in [2.45, 2.75) is 70.8 Å². The lowest BCUT2D eigenvalue weighted by Gasteiger charge is -2.13. The number of nitrogens with one attached hydrogen (secondary N) is 1. The predicted molar refractivity (Wildman–Crippen MR) is 76.9 cm³/mol. The molecule has 0 aliphatic carbocycles. The Morgan fingerprint density at radius 1 is 1.22 bits per heavy atom. The lowest BCUT2D eigenvalue weighted by atomic mass is 10.1. The van der Waals surface area contributed by atoms with Gasteiger partial charge in [-0.1, -0.05) is 51.5 Å². The summed E-state index contributed by atoms with van der Waals surface area (Å²) in [6.07, 6.45) is 11.7. The maximum Gasteiger partial charge on any atom is 0.320 e. The Morgan fingerprint density at radius 3 is 2.50 bits per heavy atom. The fraction of sp³-hybridized carbons (Fsp3) is 0.800. The van der Waals surface area contributed by atoms with E-state index in [9.17, 15) is 4.79 Å². The van der Waals surface area contributed by atoms with E-state index in [2.05, 4.69) is 18.8 Å². The first-order chi connectivity index (χ1) is 8.72. The third-order valence-corrected chi connectivity index (χ3v) is 3.12. The van der Waals surface area contributed by atoms with E-state index in [0.717, 1.165) is 38.6 Å². The number of carboxylic acids is 1. The second-order valence-electron chi connectivity index (χ2n) is 4.83. The standard InChI is InChI=1S/C15H29NO2/c1-3-5-7-8-9-10-12-14(15(17)18)16-13-11-6-4-2/h4,14,16H,2-3,5-13H2,1H3,(H,17,18). The summed E-state index contributed by atoms with van der Waals surface area (Å²) in [6.45, 7) is 6.62. The lowest BCUT2D eigenvalue weighted by molar-refractivity contribution is -0.139. The largest absolute Gasteiger partial charge is 0.480 e. The molecule has 0 aromatic heterocycles. The van der Waals surface area contributed by atoms with E-state index in [1.807, 2.05) is 6.08 Å².